The molecule has 0 spiro atoms. The number of rotatable bonds is 2. The van der Waals surface area contributed by atoms with E-state index < -0.39 is 6.10 Å². The predicted octanol–water partition coefficient (Wildman–Crippen LogP) is 3.13. The van der Waals surface area contributed by atoms with Crippen molar-refractivity contribution in [2.75, 3.05) is 0 Å². The third kappa shape index (κ3) is 2.23. The molecule has 1 aromatic heterocycles. The minimum atomic E-state index is -0.698. The first kappa shape index (κ1) is 11.1. The summed E-state index contributed by atoms with van der Waals surface area (Å²) in [5.41, 5.74) is 2.68. The second-order valence-corrected chi connectivity index (χ2v) is 4.12. The summed E-state index contributed by atoms with van der Waals surface area (Å²) >= 11 is 5.98. The van der Waals surface area contributed by atoms with Gasteiger partial charge in [-0.25, -0.2) is 0 Å². The molecular weight excluding hydrogens is 222 g/mol. The van der Waals surface area contributed by atoms with Crippen LogP contribution in [0.1, 0.15) is 22.8 Å². The number of pyridine rings is 1. The molecule has 1 N–H and O–H groups in total. The maximum Gasteiger partial charge on any atom is 0.106 e. The Hall–Kier alpha value is -1.38. The smallest absolute Gasteiger partial charge is 0.106 e. The number of benzene rings is 1. The maximum absolute atomic E-state index is 10.2. The Kier molecular flexibility index (Phi) is 3.22. The zero-order valence-corrected chi connectivity index (χ0v) is 9.65. The Bertz CT molecular complexity index is 482. The molecule has 0 saturated carbocycles. The van der Waals surface area contributed by atoms with Gasteiger partial charge in [0, 0.05) is 18.0 Å². The summed E-state index contributed by atoms with van der Waals surface area (Å²) in [6, 6.07) is 9.46. The molecule has 0 amide bonds. The second kappa shape index (κ2) is 4.64. The van der Waals surface area contributed by atoms with E-state index in [4.69, 9.17) is 11.6 Å². The topological polar surface area (TPSA) is 33.1 Å². The van der Waals surface area contributed by atoms with Gasteiger partial charge in [-0.1, -0.05) is 41.4 Å². The summed E-state index contributed by atoms with van der Waals surface area (Å²) in [6.45, 7) is 2.01. The lowest BCUT2D eigenvalue weighted by Gasteiger charge is -2.12. The number of aliphatic hydroxyl groups is 1. The van der Waals surface area contributed by atoms with Crippen molar-refractivity contribution in [1.82, 2.24) is 4.98 Å². The summed E-state index contributed by atoms with van der Waals surface area (Å²) in [6.07, 6.45) is 2.46. The van der Waals surface area contributed by atoms with Crippen LogP contribution in [0.5, 0.6) is 0 Å². The molecule has 0 bridgehead atoms. The third-order valence-electron chi connectivity index (χ3n) is 2.49. The molecule has 2 rings (SSSR count). The molecule has 0 saturated heterocycles. The van der Waals surface area contributed by atoms with Crippen molar-refractivity contribution >= 4 is 11.6 Å². The van der Waals surface area contributed by atoms with Crippen LogP contribution in [0.2, 0.25) is 5.02 Å². The molecule has 82 valence electrons. The van der Waals surface area contributed by atoms with E-state index in [0.29, 0.717) is 10.6 Å². The fourth-order valence-corrected chi connectivity index (χ4v) is 1.76. The number of halogens is 1. The van der Waals surface area contributed by atoms with Gasteiger partial charge in [0.25, 0.3) is 0 Å². The van der Waals surface area contributed by atoms with E-state index in [1.54, 1.807) is 12.3 Å². The molecule has 2 aromatic rings. The monoisotopic (exact) mass is 233 g/mol. The second-order valence-electron chi connectivity index (χ2n) is 3.71. The van der Waals surface area contributed by atoms with Crippen LogP contribution < -0.4 is 0 Å². The van der Waals surface area contributed by atoms with Crippen LogP contribution in [-0.4, -0.2) is 10.1 Å². The first-order valence-electron chi connectivity index (χ1n) is 5.02. The average molecular weight is 234 g/mol. The Morgan fingerprint density at radius 2 is 1.88 bits per heavy atom. The van der Waals surface area contributed by atoms with Crippen LogP contribution in [-0.2, 0) is 0 Å². The molecule has 0 aliphatic heterocycles. The fourth-order valence-electron chi connectivity index (χ4n) is 1.54. The third-order valence-corrected chi connectivity index (χ3v) is 2.81. The molecule has 3 heteroatoms. The summed E-state index contributed by atoms with van der Waals surface area (Å²) in [7, 11) is 0. The van der Waals surface area contributed by atoms with Gasteiger partial charge in [-0.3, -0.25) is 4.98 Å². The van der Waals surface area contributed by atoms with Crippen LogP contribution in [0.4, 0.5) is 0 Å². The van der Waals surface area contributed by atoms with E-state index in [0.717, 1.165) is 11.1 Å². The van der Waals surface area contributed by atoms with Gasteiger partial charge in [0.15, 0.2) is 0 Å². The quantitative estimate of drug-likeness (QED) is 0.865. The molecule has 1 aromatic carbocycles. The first-order valence-corrected chi connectivity index (χ1v) is 5.40. The Morgan fingerprint density at radius 3 is 2.50 bits per heavy atom. The molecule has 1 unspecified atom stereocenters. The molecule has 16 heavy (non-hydrogen) atoms. The summed E-state index contributed by atoms with van der Waals surface area (Å²) in [5, 5.41) is 10.6. The predicted molar refractivity (Wildman–Crippen MR) is 64.5 cm³/mol. The zero-order valence-electron chi connectivity index (χ0n) is 8.89. The van der Waals surface area contributed by atoms with Crippen molar-refractivity contribution in [3.63, 3.8) is 0 Å². The van der Waals surface area contributed by atoms with Gasteiger partial charge in [0.05, 0.1) is 5.02 Å². The van der Waals surface area contributed by atoms with E-state index in [1.165, 1.54) is 6.20 Å². The normalized spacial score (nSPS) is 12.4. The number of aryl methyl sites for hydroxylation is 1. The zero-order chi connectivity index (χ0) is 11.5. The molecule has 1 atom stereocenters. The van der Waals surface area contributed by atoms with Crippen LogP contribution in [0.25, 0.3) is 0 Å². The van der Waals surface area contributed by atoms with Gasteiger partial charge in [-0.05, 0) is 18.6 Å². The first-order chi connectivity index (χ1) is 7.68. The molecule has 0 radical (unpaired) electrons. The highest BCUT2D eigenvalue weighted by Crippen LogP contribution is 2.27. The number of nitrogens with zero attached hydrogens (tertiary/aromatic N) is 1. The van der Waals surface area contributed by atoms with Gasteiger partial charge >= 0.3 is 0 Å². The molecule has 0 fully saturated rings. The van der Waals surface area contributed by atoms with Crippen molar-refractivity contribution in [2.24, 2.45) is 0 Å². The number of aliphatic hydroxyl groups excluding tert-OH is 1. The molecule has 2 nitrogen and oxygen atoms in total. The SMILES string of the molecule is Cc1ccc(C(O)c2ccncc2Cl)cc1. The average Bonchev–Trinajstić information content (AvgIpc) is 2.30. The Morgan fingerprint density at radius 1 is 1.19 bits per heavy atom. The van der Waals surface area contributed by atoms with Crippen molar-refractivity contribution in [2.45, 2.75) is 13.0 Å². The van der Waals surface area contributed by atoms with Crippen molar-refractivity contribution in [1.29, 1.82) is 0 Å². The van der Waals surface area contributed by atoms with E-state index in [9.17, 15) is 5.11 Å². The van der Waals surface area contributed by atoms with Crippen molar-refractivity contribution in [3.8, 4) is 0 Å². The lowest BCUT2D eigenvalue weighted by molar-refractivity contribution is 0.220. The molecular formula is C13H12ClNO. The largest absolute Gasteiger partial charge is 0.384 e. The lowest BCUT2D eigenvalue weighted by Crippen LogP contribution is -2.00. The van der Waals surface area contributed by atoms with Crippen LogP contribution in [0.15, 0.2) is 42.7 Å². The van der Waals surface area contributed by atoms with Crippen LogP contribution in [0.3, 0.4) is 0 Å². The summed E-state index contributed by atoms with van der Waals surface area (Å²) in [4.78, 5) is 3.89. The lowest BCUT2D eigenvalue weighted by atomic mass is 10.0. The molecule has 1 heterocycles. The number of aromatic nitrogens is 1. The van der Waals surface area contributed by atoms with E-state index in [1.807, 2.05) is 31.2 Å². The highest BCUT2D eigenvalue weighted by molar-refractivity contribution is 6.31. The van der Waals surface area contributed by atoms with E-state index >= 15 is 0 Å². The van der Waals surface area contributed by atoms with Gasteiger partial charge < -0.3 is 5.11 Å². The highest BCUT2D eigenvalue weighted by Gasteiger charge is 2.13. The molecule has 0 aliphatic carbocycles. The molecule has 0 aliphatic rings. The van der Waals surface area contributed by atoms with Gasteiger partial charge in [-0.2, -0.15) is 0 Å². The van der Waals surface area contributed by atoms with Crippen molar-refractivity contribution in [3.05, 3.63) is 64.4 Å². The van der Waals surface area contributed by atoms with E-state index in [2.05, 4.69) is 4.98 Å². The summed E-state index contributed by atoms with van der Waals surface area (Å²) in [5.74, 6) is 0. The fraction of sp³-hybridized carbons (Fsp3) is 0.154. The number of hydrogen-bond donors (Lipinski definition) is 1. The number of hydrogen-bond acceptors (Lipinski definition) is 2. The van der Waals surface area contributed by atoms with Crippen LogP contribution >= 0.6 is 11.6 Å². The maximum atomic E-state index is 10.2. The van der Waals surface area contributed by atoms with Gasteiger partial charge in [-0.15, -0.1) is 0 Å². The Labute approximate surface area is 99.5 Å². The minimum absolute atomic E-state index is 0.482. The minimum Gasteiger partial charge on any atom is -0.384 e. The van der Waals surface area contributed by atoms with Gasteiger partial charge in [0.1, 0.15) is 6.10 Å². The van der Waals surface area contributed by atoms with Crippen molar-refractivity contribution < 1.29 is 5.11 Å². The van der Waals surface area contributed by atoms with Crippen LogP contribution in [0, 0.1) is 6.92 Å². The highest BCUT2D eigenvalue weighted by atomic mass is 35.5. The van der Waals surface area contributed by atoms with E-state index in [-0.39, 0.29) is 0 Å². The standard InChI is InChI=1S/C13H12ClNO/c1-9-2-4-10(5-3-9)13(16)11-6-7-15-8-12(11)14/h2-8,13,16H,1H3. The Balaban J connectivity index is 2.35. The van der Waals surface area contributed by atoms with Gasteiger partial charge in [0.2, 0.25) is 0 Å². The summed E-state index contributed by atoms with van der Waals surface area (Å²) < 4.78 is 0.